The molecule has 34 heavy (non-hydrogen) atoms. The Morgan fingerprint density at radius 1 is 0.706 bits per heavy atom. The lowest BCUT2D eigenvalue weighted by atomic mass is 9.99. The Kier molecular flexibility index (Phi) is 19.4. The number of hydrogen-bond acceptors (Lipinski definition) is 8. The number of unbranched alkanes of at least 4 members (excludes halogenated alkanes) is 13. The SMILES string of the molecule is CCCCCCCCCCCCCCCCOCC(CO[C@@H]1OC(CO)[C@@H](O)[C@H](O)C1O)OC. The summed E-state index contributed by atoms with van der Waals surface area (Å²) in [6.07, 6.45) is 11.8. The molecule has 204 valence electrons. The van der Waals surface area contributed by atoms with Crippen molar-refractivity contribution in [1.82, 2.24) is 0 Å². The van der Waals surface area contributed by atoms with E-state index in [0.717, 1.165) is 12.8 Å². The summed E-state index contributed by atoms with van der Waals surface area (Å²) in [4.78, 5) is 0. The van der Waals surface area contributed by atoms with Gasteiger partial charge in [0.05, 0.1) is 19.8 Å². The second kappa shape index (κ2) is 20.8. The molecule has 3 unspecified atom stereocenters. The summed E-state index contributed by atoms with van der Waals surface area (Å²) in [6.45, 7) is 2.89. The van der Waals surface area contributed by atoms with Gasteiger partial charge in [0.15, 0.2) is 6.29 Å². The Morgan fingerprint density at radius 2 is 1.24 bits per heavy atom. The number of rotatable bonds is 22. The summed E-state index contributed by atoms with van der Waals surface area (Å²) in [5.41, 5.74) is 0. The predicted molar refractivity (Wildman–Crippen MR) is 132 cm³/mol. The zero-order valence-electron chi connectivity index (χ0n) is 21.6. The van der Waals surface area contributed by atoms with Crippen LogP contribution in [-0.2, 0) is 18.9 Å². The zero-order chi connectivity index (χ0) is 25.0. The average molecular weight is 493 g/mol. The maximum atomic E-state index is 10.0. The second-order valence-corrected chi connectivity index (χ2v) is 9.56. The van der Waals surface area contributed by atoms with Crippen molar-refractivity contribution >= 4 is 0 Å². The number of hydrogen-bond donors (Lipinski definition) is 4. The third kappa shape index (κ3) is 13.7. The highest BCUT2D eigenvalue weighted by molar-refractivity contribution is 4.88. The number of methoxy groups -OCH3 is 1. The largest absolute Gasteiger partial charge is 0.394 e. The lowest BCUT2D eigenvalue weighted by Gasteiger charge is -2.39. The lowest BCUT2D eigenvalue weighted by molar-refractivity contribution is -0.305. The van der Waals surface area contributed by atoms with Crippen LogP contribution in [0.15, 0.2) is 0 Å². The highest BCUT2D eigenvalue weighted by atomic mass is 16.7. The van der Waals surface area contributed by atoms with Gasteiger partial charge < -0.3 is 39.4 Å². The first-order valence-corrected chi connectivity index (χ1v) is 13.6. The van der Waals surface area contributed by atoms with Gasteiger partial charge in [0.2, 0.25) is 0 Å². The van der Waals surface area contributed by atoms with E-state index in [-0.39, 0.29) is 12.7 Å². The van der Waals surface area contributed by atoms with Crippen LogP contribution in [-0.4, -0.2) is 90.8 Å². The van der Waals surface area contributed by atoms with E-state index in [2.05, 4.69) is 6.92 Å². The monoisotopic (exact) mass is 492 g/mol. The molecule has 0 aromatic heterocycles. The van der Waals surface area contributed by atoms with E-state index in [1.807, 2.05) is 0 Å². The maximum absolute atomic E-state index is 10.0. The maximum Gasteiger partial charge on any atom is 0.186 e. The van der Waals surface area contributed by atoms with Crippen molar-refractivity contribution in [1.29, 1.82) is 0 Å². The number of aliphatic hydroxyl groups excluding tert-OH is 4. The van der Waals surface area contributed by atoms with Gasteiger partial charge >= 0.3 is 0 Å². The van der Waals surface area contributed by atoms with Gasteiger partial charge in [0, 0.05) is 13.7 Å². The van der Waals surface area contributed by atoms with Crippen LogP contribution < -0.4 is 0 Å². The first-order valence-electron chi connectivity index (χ1n) is 13.6. The fraction of sp³-hybridized carbons (Fsp3) is 1.00. The van der Waals surface area contributed by atoms with Crippen molar-refractivity contribution in [2.45, 2.75) is 134 Å². The molecule has 4 N–H and O–H groups in total. The molecule has 8 nitrogen and oxygen atoms in total. The molecule has 8 heteroatoms. The smallest absolute Gasteiger partial charge is 0.186 e. The van der Waals surface area contributed by atoms with E-state index < -0.39 is 37.3 Å². The van der Waals surface area contributed by atoms with Crippen molar-refractivity contribution in [2.75, 3.05) is 33.5 Å². The molecule has 0 aromatic rings. The number of aliphatic hydroxyl groups is 4. The van der Waals surface area contributed by atoms with Crippen LogP contribution >= 0.6 is 0 Å². The third-order valence-electron chi connectivity index (χ3n) is 6.57. The standard InChI is InChI=1S/C26H52O8/c1-3-4-5-6-7-8-9-10-11-12-13-14-15-16-17-32-19-21(31-2)20-33-26-25(30)24(29)23(28)22(18-27)34-26/h21-30H,3-20H2,1-2H3/t21?,22?,23-,24+,25?,26-/m1/s1. The molecule has 1 rings (SSSR count). The zero-order valence-corrected chi connectivity index (χ0v) is 21.6. The number of ether oxygens (including phenoxy) is 4. The topological polar surface area (TPSA) is 118 Å². The first-order chi connectivity index (χ1) is 16.5. The summed E-state index contributed by atoms with van der Waals surface area (Å²) in [5.74, 6) is 0. The first kappa shape index (κ1) is 31.7. The van der Waals surface area contributed by atoms with E-state index in [9.17, 15) is 20.4 Å². The van der Waals surface area contributed by atoms with Gasteiger partial charge in [-0.15, -0.1) is 0 Å². The summed E-state index contributed by atoms with van der Waals surface area (Å²) in [6, 6.07) is 0. The normalized spacial score (nSPS) is 26.1. The summed E-state index contributed by atoms with van der Waals surface area (Å²) in [7, 11) is 1.55. The van der Waals surface area contributed by atoms with Crippen LogP contribution in [0.25, 0.3) is 0 Å². The van der Waals surface area contributed by atoms with Crippen molar-refractivity contribution in [3.05, 3.63) is 0 Å². The minimum absolute atomic E-state index is 0.0952. The van der Waals surface area contributed by atoms with Gasteiger partial charge in [-0.2, -0.15) is 0 Å². The van der Waals surface area contributed by atoms with Gasteiger partial charge in [-0.25, -0.2) is 0 Å². The van der Waals surface area contributed by atoms with Gasteiger partial charge in [-0.3, -0.25) is 0 Å². The van der Waals surface area contributed by atoms with Crippen molar-refractivity contribution in [3.63, 3.8) is 0 Å². The van der Waals surface area contributed by atoms with E-state index in [0.29, 0.717) is 13.2 Å². The van der Waals surface area contributed by atoms with Gasteiger partial charge in [-0.05, 0) is 6.42 Å². The Labute approximate surface area is 206 Å². The molecule has 1 heterocycles. The Bertz CT molecular complexity index is 451. The van der Waals surface area contributed by atoms with E-state index in [1.165, 1.54) is 77.0 Å². The van der Waals surface area contributed by atoms with E-state index in [4.69, 9.17) is 18.9 Å². The van der Waals surface area contributed by atoms with Crippen molar-refractivity contribution in [2.24, 2.45) is 0 Å². The summed E-state index contributed by atoms with van der Waals surface area (Å²) < 4.78 is 21.9. The molecule has 6 atom stereocenters. The highest BCUT2D eigenvalue weighted by Crippen LogP contribution is 2.22. The van der Waals surface area contributed by atoms with Gasteiger partial charge in [0.25, 0.3) is 0 Å². The van der Waals surface area contributed by atoms with E-state index >= 15 is 0 Å². The van der Waals surface area contributed by atoms with Crippen LogP contribution in [0.4, 0.5) is 0 Å². The minimum Gasteiger partial charge on any atom is -0.394 e. The van der Waals surface area contributed by atoms with Crippen molar-refractivity contribution in [3.8, 4) is 0 Å². The molecule has 0 bridgehead atoms. The summed E-state index contributed by atoms with van der Waals surface area (Å²) in [5, 5.41) is 38.9. The molecule has 0 aromatic carbocycles. The Hall–Kier alpha value is -0.320. The van der Waals surface area contributed by atoms with Crippen LogP contribution in [0, 0.1) is 0 Å². The predicted octanol–water partition coefficient (Wildman–Crippen LogP) is 3.32. The fourth-order valence-electron chi connectivity index (χ4n) is 4.20. The van der Waals surface area contributed by atoms with Gasteiger partial charge in [-0.1, -0.05) is 90.4 Å². The summed E-state index contributed by atoms with van der Waals surface area (Å²) >= 11 is 0. The minimum atomic E-state index is -1.45. The van der Waals surface area contributed by atoms with Gasteiger partial charge in [0.1, 0.15) is 30.5 Å². The van der Waals surface area contributed by atoms with Crippen LogP contribution in [0.3, 0.4) is 0 Å². The molecule has 0 aliphatic carbocycles. The van der Waals surface area contributed by atoms with Crippen molar-refractivity contribution < 1.29 is 39.4 Å². The highest BCUT2D eigenvalue weighted by Gasteiger charge is 2.44. The molecule has 0 amide bonds. The Balaban J connectivity index is 1.97. The van der Waals surface area contributed by atoms with Crippen LogP contribution in [0.1, 0.15) is 96.8 Å². The molecule has 1 fully saturated rings. The average Bonchev–Trinajstić information content (AvgIpc) is 2.85. The molecule has 0 spiro atoms. The van der Waals surface area contributed by atoms with E-state index in [1.54, 1.807) is 7.11 Å². The molecule has 0 saturated carbocycles. The Morgan fingerprint density at radius 3 is 1.74 bits per heavy atom. The van der Waals surface area contributed by atoms with Crippen LogP contribution in [0.2, 0.25) is 0 Å². The molecule has 0 radical (unpaired) electrons. The molecular weight excluding hydrogens is 440 g/mol. The quantitative estimate of drug-likeness (QED) is 0.170. The molecular formula is C26H52O8. The second-order valence-electron chi connectivity index (χ2n) is 9.56. The lowest BCUT2D eigenvalue weighted by Crippen LogP contribution is -2.59. The van der Waals surface area contributed by atoms with Crippen LogP contribution in [0.5, 0.6) is 0 Å². The molecule has 1 aliphatic heterocycles. The molecule has 1 aliphatic rings. The fourth-order valence-corrected chi connectivity index (χ4v) is 4.20. The molecule has 1 saturated heterocycles. The third-order valence-corrected chi connectivity index (χ3v) is 6.57.